The molecular formula is C25H30O5. The molecule has 1 saturated heterocycles. The second-order valence-electron chi connectivity index (χ2n) is 9.55. The summed E-state index contributed by atoms with van der Waals surface area (Å²) in [6, 6.07) is 0. The van der Waals surface area contributed by atoms with Crippen LogP contribution in [-0.4, -0.2) is 23.7 Å². The van der Waals surface area contributed by atoms with Crippen LogP contribution in [0.5, 0.6) is 0 Å². The number of unbranched alkanes of at least 4 members (excludes halogenated alkanes) is 1. The van der Waals surface area contributed by atoms with E-state index in [2.05, 4.69) is 19.1 Å². The van der Waals surface area contributed by atoms with Crippen molar-refractivity contribution < 1.29 is 24.2 Å². The van der Waals surface area contributed by atoms with Crippen LogP contribution in [0.15, 0.2) is 46.5 Å². The van der Waals surface area contributed by atoms with E-state index < -0.39 is 5.41 Å². The number of aliphatic hydroxyl groups is 1. The summed E-state index contributed by atoms with van der Waals surface area (Å²) in [4.78, 5) is 25.9. The van der Waals surface area contributed by atoms with E-state index in [4.69, 9.17) is 9.47 Å². The van der Waals surface area contributed by atoms with Crippen LogP contribution in [0.25, 0.3) is 0 Å². The molecule has 0 amide bonds. The summed E-state index contributed by atoms with van der Waals surface area (Å²) in [5, 5.41) is 9.34. The smallest absolute Gasteiger partial charge is 0.340 e. The minimum atomic E-state index is -0.500. The zero-order valence-electron chi connectivity index (χ0n) is 17.8. The Morgan fingerprint density at radius 2 is 2.07 bits per heavy atom. The number of hydrogen-bond acceptors (Lipinski definition) is 5. The predicted molar refractivity (Wildman–Crippen MR) is 111 cm³/mol. The molecule has 160 valence electrons. The van der Waals surface area contributed by atoms with Gasteiger partial charge < -0.3 is 14.6 Å². The normalized spacial score (nSPS) is 37.7. The Morgan fingerprint density at radius 1 is 1.23 bits per heavy atom. The molecule has 1 spiro atoms. The highest BCUT2D eigenvalue weighted by molar-refractivity contribution is 5.99. The molecule has 0 aromatic heterocycles. The Labute approximate surface area is 177 Å². The molecule has 1 saturated carbocycles. The fourth-order valence-electron chi connectivity index (χ4n) is 6.40. The Kier molecular flexibility index (Phi) is 4.77. The van der Waals surface area contributed by atoms with Crippen LogP contribution in [0.4, 0.5) is 0 Å². The highest BCUT2D eigenvalue weighted by Gasteiger charge is 2.66. The summed E-state index contributed by atoms with van der Waals surface area (Å²) in [6.45, 7) is 4.20. The van der Waals surface area contributed by atoms with Gasteiger partial charge in [0.05, 0.1) is 5.41 Å². The number of carbonyl (C=O) groups excluding carboxylic acids is 2. The van der Waals surface area contributed by atoms with Gasteiger partial charge in [-0.25, -0.2) is 9.59 Å². The van der Waals surface area contributed by atoms with E-state index in [1.807, 2.05) is 13.0 Å². The van der Waals surface area contributed by atoms with Crippen molar-refractivity contribution in [2.24, 2.45) is 29.1 Å². The lowest BCUT2D eigenvalue weighted by Gasteiger charge is -2.54. The third-order valence-electron chi connectivity index (χ3n) is 7.82. The van der Waals surface area contributed by atoms with Crippen LogP contribution < -0.4 is 0 Å². The minimum Gasteiger partial charge on any atom is -0.427 e. The van der Waals surface area contributed by atoms with Crippen LogP contribution in [0.3, 0.4) is 0 Å². The quantitative estimate of drug-likeness (QED) is 0.683. The van der Waals surface area contributed by atoms with E-state index in [0.29, 0.717) is 24.0 Å². The lowest BCUT2D eigenvalue weighted by Crippen LogP contribution is -2.50. The van der Waals surface area contributed by atoms with Crippen LogP contribution in [-0.2, 0) is 19.1 Å². The SMILES string of the molecule is CCC/C=C1\OC(=O)C2=C[C@@H]3CC[C@@]21[C@H]1C2=C(CC[C@@H]31)C(=CC[C@H](C)CO)OC2=O. The summed E-state index contributed by atoms with van der Waals surface area (Å²) in [5.41, 5.74) is 2.07. The molecule has 4 aliphatic carbocycles. The number of hydrogen-bond donors (Lipinski definition) is 1. The van der Waals surface area contributed by atoms with Crippen molar-refractivity contribution >= 4 is 11.9 Å². The third-order valence-corrected chi connectivity index (χ3v) is 7.82. The lowest BCUT2D eigenvalue weighted by molar-refractivity contribution is -0.135. The van der Waals surface area contributed by atoms with Gasteiger partial charge in [-0.15, -0.1) is 0 Å². The van der Waals surface area contributed by atoms with Crippen molar-refractivity contribution in [2.45, 2.75) is 58.8 Å². The standard InChI is InChI=1S/C25H30O5/c1-3-4-5-20-25-11-10-15(12-18(25)23(27)30-20)16-7-8-17-19(9-6-14(2)13-26)29-24(28)21(17)22(16)25/h5,9,12,14-16,22,26H,3-4,6-8,10-11,13H2,1-2H3/b19-9?,20-5-/t14-,15-,16-,22+,25+/m0/s1. The Hall–Kier alpha value is -2.14. The third kappa shape index (κ3) is 2.64. The first-order valence-electron chi connectivity index (χ1n) is 11.4. The maximum absolute atomic E-state index is 13.1. The molecule has 5 heteroatoms. The molecule has 6 rings (SSSR count). The van der Waals surface area contributed by atoms with Crippen molar-refractivity contribution in [3.05, 3.63) is 46.5 Å². The van der Waals surface area contributed by atoms with E-state index in [9.17, 15) is 14.7 Å². The fraction of sp³-hybridized carbons (Fsp3) is 0.600. The topological polar surface area (TPSA) is 72.8 Å². The predicted octanol–water partition coefficient (Wildman–Crippen LogP) is 4.35. The first-order chi connectivity index (χ1) is 14.5. The largest absolute Gasteiger partial charge is 0.427 e. The second kappa shape index (κ2) is 7.23. The molecule has 0 aromatic rings. The van der Waals surface area contributed by atoms with Gasteiger partial charge in [0.2, 0.25) is 0 Å². The van der Waals surface area contributed by atoms with Gasteiger partial charge in [-0.1, -0.05) is 26.3 Å². The molecule has 0 aromatic carbocycles. The fourth-order valence-corrected chi connectivity index (χ4v) is 6.40. The van der Waals surface area contributed by atoms with E-state index in [0.717, 1.165) is 61.0 Å². The van der Waals surface area contributed by atoms with Crippen molar-refractivity contribution in [2.75, 3.05) is 6.61 Å². The van der Waals surface area contributed by atoms with Crippen molar-refractivity contribution in [3.8, 4) is 0 Å². The van der Waals surface area contributed by atoms with Crippen LogP contribution >= 0.6 is 0 Å². The van der Waals surface area contributed by atoms with E-state index in [1.54, 1.807) is 0 Å². The van der Waals surface area contributed by atoms with Gasteiger partial charge in [0.1, 0.15) is 11.5 Å². The van der Waals surface area contributed by atoms with Crippen molar-refractivity contribution in [1.29, 1.82) is 0 Å². The molecule has 1 N–H and O–H groups in total. The number of fused-ring (bicyclic) bond motifs is 1. The first-order valence-corrected chi connectivity index (χ1v) is 11.4. The summed E-state index contributed by atoms with van der Waals surface area (Å²) < 4.78 is 11.6. The number of aliphatic hydroxyl groups excluding tert-OH is 1. The van der Waals surface area contributed by atoms with Crippen LogP contribution in [0.2, 0.25) is 0 Å². The Morgan fingerprint density at radius 3 is 2.83 bits per heavy atom. The Bertz CT molecular complexity index is 920. The zero-order chi connectivity index (χ0) is 21.0. The van der Waals surface area contributed by atoms with Gasteiger partial charge in [0.15, 0.2) is 0 Å². The van der Waals surface area contributed by atoms with Gasteiger partial charge in [-0.2, -0.15) is 0 Å². The average Bonchev–Trinajstić information content (AvgIpc) is 3.25. The monoisotopic (exact) mass is 410 g/mol. The molecular weight excluding hydrogens is 380 g/mol. The molecule has 5 atom stereocenters. The molecule has 2 fully saturated rings. The summed E-state index contributed by atoms with van der Waals surface area (Å²) >= 11 is 0. The lowest BCUT2D eigenvalue weighted by atomic mass is 9.47. The summed E-state index contributed by atoms with van der Waals surface area (Å²) in [5.74, 6) is 1.72. The molecule has 2 heterocycles. The highest BCUT2D eigenvalue weighted by Crippen LogP contribution is 2.68. The number of esters is 2. The maximum atomic E-state index is 13.1. The molecule has 2 bridgehead atoms. The average molecular weight is 411 g/mol. The van der Waals surface area contributed by atoms with E-state index >= 15 is 0 Å². The number of rotatable bonds is 5. The Balaban J connectivity index is 1.62. The first kappa shape index (κ1) is 19.8. The molecule has 5 nitrogen and oxygen atoms in total. The van der Waals surface area contributed by atoms with Crippen LogP contribution in [0.1, 0.15) is 58.8 Å². The van der Waals surface area contributed by atoms with E-state index in [-0.39, 0.29) is 30.4 Å². The summed E-state index contributed by atoms with van der Waals surface area (Å²) in [6.07, 6.45) is 12.4. The molecule has 0 radical (unpaired) electrons. The summed E-state index contributed by atoms with van der Waals surface area (Å²) in [7, 11) is 0. The minimum absolute atomic E-state index is 0.0387. The van der Waals surface area contributed by atoms with Crippen molar-refractivity contribution in [3.63, 3.8) is 0 Å². The molecule has 2 aliphatic heterocycles. The van der Waals surface area contributed by atoms with E-state index in [1.165, 1.54) is 0 Å². The molecule has 6 aliphatic rings. The van der Waals surface area contributed by atoms with Crippen molar-refractivity contribution in [1.82, 2.24) is 0 Å². The number of carbonyl (C=O) groups is 2. The highest BCUT2D eigenvalue weighted by atomic mass is 16.5. The molecule has 30 heavy (non-hydrogen) atoms. The number of allylic oxidation sites excluding steroid dienone is 5. The molecule has 0 unspecified atom stereocenters. The van der Waals surface area contributed by atoms with Gasteiger partial charge in [0.25, 0.3) is 0 Å². The maximum Gasteiger partial charge on any atom is 0.340 e. The van der Waals surface area contributed by atoms with Gasteiger partial charge in [-0.3, -0.25) is 0 Å². The van der Waals surface area contributed by atoms with Gasteiger partial charge in [-0.05, 0) is 68.4 Å². The number of ether oxygens (including phenoxy) is 2. The van der Waals surface area contributed by atoms with Gasteiger partial charge >= 0.3 is 11.9 Å². The van der Waals surface area contributed by atoms with Gasteiger partial charge in [0, 0.05) is 29.2 Å². The zero-order valence-corrected chi connectivity index (χ0v) is 17.8. The van der Waals surface area contributed by atoms with Crippen LogP contribution in [0, 0.1) is 29.1 Å². The number of cyclic esters (lactones) is 2. The second-order valence-corrected chi connectivity index (χ2v) is 9.55.